The molecule has 0 amide bonds. The normalized spacial score (nSPS) is 14.4. The van der Waals surface area contributed by atoms with Crippen molar-refractivity contribution >= 4 is 35.6 Å². The maximum Gasteiger partial charge on any atom is 0.191 e. The number of aryl methyl sites for hydroxylation is 1. The zero-order valence-electron chi connectivity index (χ0n) is 15.1. The van der Waals surface area contributed by atoms with Gasteiger partial charge in [0.05, 0.1) is 0 Å². The predicted octanol–water partition coefficient (Wildman–Crippen LogP) is 3.58. The van der Waals surface area contributed by atoms with Crippen LogP contribution in [0.2, 0.25) is 0 Å². The van der Waals surface area contributed by atoms with Crippen LogP contribution in [0.5, 0.6) is 0 Å². The Balaban J connectivity index is 0.00000288. The molecule has 0 radical (unpaired) electrons. The van der Waals surface area contributed by atoms with Crippen molar-refractivity contribution in [2.45, 2.75) is 38.6 Å². The molecule has 0 heterocycles. The number of rotatable bonds is 7. The maximum absolute atomic E-state index is 4.70. The van der Waals surface area contributed by atoms with E-state index >= 15 is 0 Å². The average Bonchev–Trinajstić information content (AvgIpc) is 3.05. The lowest BCUT2D eigenvalue weighted by Gasteiger charge is -2.16. The fourth-order valence-electron chi connectivity index (χ4n) is 2.68. The van der Waals surface area contributed by atoms with E-state index in [2.05, 4.69) is 73.0 Å². The summed E-state index contributed by atoms with van der Waals surface area (Å²) in [5.41, 5.74) is 2.62. The molecule has 0 saturated carbocycles. The summed E-state index contributed by atoms with van der Waals surface area (Å²) in [6.07, 6.45) is 8.81. The van der Waals surface area contributed by atoms with Crippen LogP contribution in [0.3, 0.4) is 0 Å². The number of guanidine groups is 1. The predicted molar refractivity (Wildman–Crippen MR) is 116 cm³/mol. The third-order valence-corrected chi connectivity index (χ3v) is 4.04. The molecule has 2 N–H and O–H groups in total. The number of aliphatic imine (C=N–C) groups is 1. The minimum atomic E-state index is 0. The molecule has 1 aliphatic rings. The first kappa shape index (κ1) is 20.8. The first-order valence-corrected chi connectivity index (χ1v) is 8.65. The summed E-state index contributed by atoms with van der Waals surface area (Å²) in [5, 5.41) is 6.84. The van der Waals surface area contributed by atoms with Gasteiger partial charge < -0.3 is 15.5 Å². The Kier molecular flexibility index (Phi) is 9.83. The third kappa shape index (κ3) is 7.11. The zero-order chi connectivity index (χ0) is 16.5. The Morgan fingerprint density at radius 2 is 1.83 bits per heavy atom. The number of hydrogen-bond donors (Lipinski definition) is 2. The summed E-state index contributed by atoms with van der Waals surface area (Å²) in [6.45, 7) is 3.86. The van der Waals surface area contributed by atoms with Gasteiger partial charge in [-0.2, -0.15) is 0 Å². The van der Waals surface area contributed by atoms with Crippen LogP contribution in [0.25, 0.3) is 0 Å². The number of nitrogens with one attached hydrogen (secondary N) is 2. The van der Waals surface area contributed by atoms with Gasteiger partial charge in [0.15, 0.2) is 5.96 Å². The van der Waals surface area contributed by atoms with Crippen LogP contribution in [0.1, 0.15) is 31.7 Å². The first-order valence-electron chi connectivity index (χ1n) is 8.65. The Morgan fingerprint density at radius 3 is 2.42 bits per heavy atom. The van der Waals surface area contributed by atoms with Gasteiger partial charge in [0.1, 0.15) is 0 Å². The standard InChI is InChI=1S/C19H30N4.HI/c1-4-20-19(22-17-9-5-6-10-17)21-15-7-8-16-11-13-18(14-12-16)23(2)3;/h5-6,11-14,17H,4,7-10,15H2,1-3H3,(H2,20,21,22);1H. The van der Waals surface area contributed by atoms with Gasteiger partial charge in [0.2, 0.25) is 0 Å². The van der Waals surface area contributed by atoms with E-state index in [0.29, 0.717) is 6.04 Å². The largest absolute Gasteiger partial charge is 0.378 e. The third-order valence-electron chi connectivity index (χ3n) is 4.04. The lowest BCUT2D eigenvalue weighted by Crippen LogP contribution is -2.42. The molecule has 1 aliphatic carbocycles. The highest BCUT2D eigenvalue weighted by Crippen LogP contribution is 2.13. The average molecular weight is 442 g/mol. The zero-order valence-corrected chi connectivity index (χ0v) is 17.4. The van der Waals surface area contributed by atoms with E-state index in [-0.39, 0.29) is 24.0 Å². The highest BCUT2D eigenvalue weighted by atomic mass is 127. The molecule has 24 heavy (non-hydrogen) atoms. The van der Waals surface area contributed by atoms with Gasteiger partial charge in [-0.05, 0) is 50.3 Å². The summed E-state index contributed by atoms with van der Waals surface area (Å²) in [4.78, 5) is 6.82. The number of anilines is 1. The van der Waals surface area contributed by atoms with Crippen molar-refractivity contribution in [2.75, 3.05) is 32.1 Å². The van der Waals surface area contributed by atoms with Crippen LogP contribution < -0.4 is 15.5 Å². The molecule has 0 bridgehead atoms. The number of nitrogens with zero attached hydrogens (tertiary/aromatic N) is 2. The van der Waals surface area contributed by atoms with Crippen molar-refractivity contribution < 1.29 is 0 Å². The summed E-state index contributed by atoms with van der Waals surface area (Å²) >= 11 is 0. The van der Waals surface area contributed by atoms with Crippen molar-refractivity contribution in [1.29, 1.82) is 0 Å². The van der Waals surface area contributed by atoms with Crippen LogP contribution in [0.4, 0.5) is 5.69 Å². The van der Waals surface area contributed by atoms with E-state index in [1.54, 1.807) is 0 Å². The quantitative estimate of drug-likeness (QED) is 0.223. The summed E-state index contributed by atoms with van der Waals surface area (Å²) in [7, 11) is 4.14. The van der Waals surface area contributed by atoms with Crippen molar-refractivity contribution in [3.63, 3.8) is 0 Å². The fourth-order valence-corrected chi connectivity index (χ4v) is 2.68. The molecule has 0 spiro atoms. The Labute approximate surface area is 163 Å². The summed E-state index contributed by atoms with van der Waals surface area (Å²) < 4.78 is 0. The van der Waals surface area contributed by atoms with Crippen LogP contribution in [-0.4, -0.2) is 39.2 Å². The molecular weight excluding hydrogens is 411 g/mol. The van der Waals surface area contributed by atoms with E-state index in [1.807, 2.05) is 0 Å². The molecule has 0 unspecified atom stereocenters. The lowest BCUT2D eigenvalue weighted by molar-refractivity contribution is 0.632. The highest BCUT2D eigenvalue weighted by molar-refractivity contribution is 14.0. The van der Waals surface area contributed by atoms with Crippen LogP contribution >= 0.6 is 24.0 Å². The summed E-state index contributed by atoms with van der Waals surface area (Å²) in [5.74, 6) is 0.948. The Bertz CT molecular complexity index is 515. The molecule has 0 aromatic heterocycles. The van der Waals surface area contributed by atoms with E-state index in [4.69, 9.17) is 4.99 Å². The molecule has 1 aromatic carbocycles. The van der Waals surface area contributed by atoms with Gasteiger partial charge in [-0.15, -0.1) is 24.0 Å². The Hall–Kier alpha value is -1.24. The monoisotopic (exact) mass is 442 g/mol. The van der Waals surface area contributed by atoms with E-state index in [0.717, 1.165) is 44.7 Å². The smallest absolute Gasteiger partial charge is 0.191 e. The van der Waals surface area contributed by atoms with Crippen molar-refractivity contribution in [1.82, 2.24) is 10.6 Å². The highest BCUT2D eigenvalue weighted by Gasteiger charge is 2.11. The topological polar surface area (TPSA) is 39.7 Å². The number of hydrogen-bond acceptors (Lipinski definition) is 2. The van der Waals surface area contributed by atoms with Gasteiger partial charge in [-0.25, -0.2) is 0 Å². The molecule has 2 rings (SSSR count). The molecule has 0 atom stereocenters. The van der Waals surface area contributed by atoms with E-state index in [9.17, 15) is 0 Å². The lowest BCUT2D eigenvalue weighted by atomic mass is 10.1. The summed E-state index contributed by atoms with van der Waals surface area (Å²) in [6, 6.07) is 9.29. The molecule has 4 nitrogen and oxygen atoms in total. The van der Waals surface area contributed by atoms with Gasteiger partial charge in [-0.1, -0.05) is 24.3 Å². The maximum atomic E-state index is 4.70. The molecule has 1 aromatic rings. The van der Waals surface area contributed by atoms with E-state index in [1.165, 1.54) is 11.3 Å². The van der Waals surface area contributed by atoms with Crippen LogP contribution in [0, 0.1) is 0 Å². The minimum absolute atomic E-state index is 0. The fraction of sp³-hybridized carbons (Fsp3) is 0.526. The SMILES string of the molecule is CCNC(=NCCCc1ccc(N(C)C)cc1)NC1CC=CC1.I. The molecular formula is C19H31IN4. The molecule has 0 fully saturated rings. The van der Waals surface area contributed by atoms with Gasteiger partial charge in [0.25, 0.3) is 0 Å². The molecule has 0 aliphatic heterocycles. The van der Waals surface area contributed by atoms with Crippen LogP contribution in [-0.2, 0) is 6.42 Å². The van der Waals surface area contributed by atoms with Crippen LogP contribution in [0.15, 0.2) is 41.4 Å². The van der Waals surface area contributed by atoms with Gasteiger partial charge in [-0.3, -0.25) is 4.99 Å². The van der Waals surface area contributed by atoms with Crippen molar-refractivity contribution in [3.05, 3.63) is 42.0 Å². The Morgan fingerprint density at radius 1 is 1.17 bits per heavy atom. The first-order chi connectivity index (χ1) is 11.2. The second kappa shape index (κ2) is 11.3. The second-order valence-corrected chi connectivity index (χ2v) is 6.21. The molecule has 0 saturated heterocycles. The molecule has 134 valence electrons. The minimum Gasteiger partial charge on any atom is -0.378 e. The number of halogens is 1. The van der Waals surface area contributed by atoms with Crippen molar-refractivity contribution in [3.8, 4) is 0 Å². The second-order valence-electron chi connectivity index (χ2n) is 6.21. The number of benzene rings is 1. The van der Waals surface area contributed by atoms with Gasteiger partial charge >= 0.3 is 0 Å². The molecule has 5 heteroatoms. The van der Waals surface area contributed by atoms with Gasteiger partial charge in [0, 0.05) is 38.9 Å². The van der Waals surface area contributed by atoms with Crippen molar-refractivity contribution in [2.24, 2.45) is 4.99 Å². The van der Waals surface area contributed by atoms with E-state index < -0.39 is 0 Å².